The number of nitrogens with zero attached hydrogens (tertiary/aromatic N) is 1. The summed E-state index contributed by atoms with van der Waals surface area (Å²) in [5, 5.41) is 7.48. The molecule has 1 fully saturated rings. The van der Waals surface area contributed by atoms with E-state index in [9.17, 15) is 4.79 Å². The van der Waals surface area contributed by atoms with Crippen LogP contribution in [0.1, 0.15) is 18.5 Å². The van der Waals surface area contributed by atoms with Crippen LogP contribution in [0.25, 0.3) is 0 Å². The summed E-state index contributed by atoms with van der Waals surface area (Å²) in [7, 11) is 1.61. The Morgan fingerprint density at radius 3 is 2.68 bits per heavy atom. The maximum absolute atomic E-state index is 13.8. The van der Waals surface area contributed by atoms with Gasteiger partial charge in [0, 0.05) is 26.4 Å². The van der Waals surface area contributed by atoms with E-state index in [1.807, 2.05) is 54.3 Å². The van der Waals surface area contributed by atoms with Crippen molar-refractivity contribution in [1.29, 1.82) is 0 Å². The van der Waals surface area contributed by atoms with E-state index in [0.29, 0.717) is 27.3 Å². The number of hydrogen-bond donors (Lipinski definition) is 2. The van der Waals surface area contributed by atoms with E-state index in [0.717, 1.165) is 15.7 Å². The van der Waals surface area contributed by atoms with Gasteiger partial charge in [0.25, 0.3) is 0 Å². The second kappa shape index (κ2) is 8.76. The summed E-state index contributed by atoms with van der Waals surface area (Å²) in [5.41, 5.74) is 1.15. The van der Waals surface area contributed by atoms with Crippen molar-refractivity contribution in [3.63, 3.8) is 0 Å². The normalized spacial score (nSPS) is 22.8. The number of thiocarbonyl (C=S) groups is 1. The molecule has 2 aliphatic rings. The van der Waals surface area contributed by atoms with Crippen LogP contribution < -0.4 is 25.0 Å². The van der Waals surface area contributed by atoms with Gasteiger partial charge < -0.3 is 20.1 Å². The van der Waals surface area contributed by atoms with Gasteiger partial charge in [0.15, 0.2) is 10.8 Å². The summed E-state index contributed by atoms with van der Waals surface area (Å²) in [6.45, 7) is 1.90. The first-order valence-corrected chi connectivity index (χ1v) is 12.2. The zero-order valence-corrected chi connectivity index (χ0v) is 21.5. The Balaban J connectivity index is 1.63. The van der Waals surface area contributed by atoms with Crippen molar-refractivity contribution in [2.24, 2.45) is 5.92 Å². The SMILES string of the molecule is COc1ccc2c(c1)C1NC(=S)N(c3cccc(Br)c3)C(C)(O2)C1C(=O)Nc1ccc(Cl)cc1. The van der Waals surface area contributed by atoms with Gasteiger partial charge in [-0.1, -0.05) is 33.6 Å². The lowest BCUT2D eigenvalue weighted by Crippen LogP contribution is -2.72. The molecule has 2 N–H and O–H groups in total. The van der Waals surface area contributed by atoms with Crippen LogP contribution >= 0.6 is 39.7 Å². The van der Waals surface area contributed by atoms with E-state index in [2.05, 4.69) is 26.6 Å². The molecule has 174 valence electrons. The van der Waals surface area contributed by atoms with E-state index < -0.39 is 17.7 Å². The molecule has 0 spiro atoms. The predicted molar refractivity (Wildman–Crippen MR) is 141 cm³/mol. The van der Waals surface area contributed by atoms with E-state index >= 15 is 0 Å². The number of carbonyl (C=O) groups excluding carboxylic acids is 1. The molecule has 3 atom stereocenters. The molecule has 2 bridgehead atoms. The number of rotatable bonds is 4. The molecule has 3 aromatic carbocycles. The first-order chi connectivity index (χ1) is 16.3. The Hall–Kier alpha value is -2.81. The van der Waals surface area contributed by atoms with E-state index in [-0.39, 0.29) is 5.91 Å². The number of benzene rings is 3. The molecule has 0 aromatic heterocycles. The van der Waals surface area contributed by atoms with Gasteiger partial charge in [-0.05, 0) is 79.8 Å². The van der Waals surface area contributed by atoms with Gasteiger partial charge in [-0.15, -0.1) is 0 Å². The van der Waals surface area contributed by atoms with Crippen molar-refractivity contribution in [1.82, 2.24) is 5.32 Å². The molecule has 1 amide bonds. The maximum Gasteiger partial charge on any atom is 0.236 e. The summed E-state index contributed by atoms with van der Waals surface area (Å²) < 4.78 is 12.9. The van der Waals surface area contributed by atoms with Gasteiger partial charge in [0.1, 0.15) is 17.4 Å². The van der Waals surface area contributed by atoms with Crippen molar-refractivity contribution < 1.29 is 14.3 Å². The van der Waals surface area contributed by atoms with Gasteiger partial charge in [0.2, 0.25) is 5.91 Å². The number of methoxy groups -OCH3 is 1. The molecule has 1 saturated heterocycles. The Morgan fingerprint density at radius 2 is 1.97 bits per heavy atom. The molecule has 2 aliphatic heterocycles. The van der Waals surface area contributed by atoms with Gasteiger partial charge in [-0.2, -0.15) is 0 Å². The highest BCUT2D eigenvalue weighted by Crippen LogP contribution is 2.50. The summed E-state index contributed by atoms with van der Waals surface area (Å²) in [5.74, 6) is 0.468. The minimum atomic E-state index is -1.11. The Morgan fingerprint density at radius 1 is 1.21 bits per heavy atom. The molecule has 3 unspecified atom stereocenters. The molecule has 0 radical (unpaired) electrons. The van der Waals surface area contributed by atoms with E-state index in [1.165, 1.54) is 0 Å². The molecule has 3 aromatic rings. The second-order valence-corrected chi connectivity index (χ2v) is 10.0. The smallest absolute Gasteiger partial charge is 0.236 e. The number of halogens is 2. The summed E-state index contributed by atoms with van der Waals surface area (Å²) in [4.78, 5) is 15.7. The van der Waals surface area contributed by atoms with Crippen molar-refractivity contribution in [2.75, 3.05) is 17.3 Å². The fourth-order valence-corrected chi connectivity index (χ4v) is 5.57. The standard InChI is InChI=1S/C25H21BrClN3O3S/c1-25-21(23(31)28-16-8-6-15(27)7-9-16)22(19-13-18(32-2)10-11-20(19)33-25)29-24(34)30(25)17-5-3-4-14(26)12-17/h3-13,21-22H,1-2H3,(H,28,31)(H,29,34). The average molecular weight is 559 g/mol. The third kappa shape index (κ3) is 3.89. The number of fused-ring (bicyclic) bond motifs is 4. The molecule has 0 aliphatic carbocycles. The maximum atomic E-state index is 13.8. The third-order valence-corrected chi connectivity index (χ3v) is 7.21. The van der Waals surface area contributed by atoms with Gasteiger partial charge in [-0.3, -0.25) is 9.69 Å². The lowest BCUT2D eigenvalue weighted by atomic mass is 9.78. The number of anilines is 2. The number of ether oxygens (including phenoxy) is 2. The molecular formula is C25H21BrClN3O3S. The highest BCUT2D eigenvalue weighted by atomic mass is 79.9. The van der Waals surface area contributed by atoms with Crippen LogP contribution in [-0.4, -0.2) is 23.9 Å². The molecule has 2 heterocycles. The van der Waals surface area contributed by atoms with Crippen molar-refractivity contribution in [3.05, 3.63) is 81.8 Å². The number of hydrogen-bond acceptors (Lipinski definition) is 4. The number of nitrogens with one attached hydrogen (secondary N) is 2. The molecule has 5 rings (SSSR count). The Kier molecular flexibility index (Phi) is 5.91. The monoisotopic (exact) mass is 557 g/mol. The minimum absolute atomic E-state index is 0.210. The largest absolute Gasteiger partial charge is 0.497 e. The third-order valence-electron chi connectivity index (χ3n) is 6.17. The quantitative estimate of drug-likeness (QED) is 0.388. The fourth-order valence-electron chi connectivity index (χ4n) is 4.65. The van der Waals surface area contributed by atoms with Gasteiger partial charge >= 0.3 is 0 Å². The van der Waals surface area contributed by atoms with Crippen LogP contribution in [0.4, 0.5) is 11.4 Å². The minimum Gasteiger partial charge on any atom is -0.497 e. The first-order valence-electron chi connectivity index (χ1n) is 10.6. The summed E-state index contributed by atoms with van der Waals surface area (Å²) in [6.07, 6.45) is 0. The molecular weight excluding hydrogens is 538 g/mol. The Bertz CT molecular complexity index is 1290. The van der Waals surface area contributed by atoms with Gasteiger partial charge in [0.05, 0.1) is 13.2 Å². The molecule has 9 heteroatoms. The van der Waals surface area contributed by atoms with E-state index in [1.54, 1.807) is 31.4 Å². The number of amides is 1. The summed E-state index contributed by atoms with van der Waals surface area (Å²) in [6, 6.07) is 19.9. The zero-order valence-electron chi connectivity index (χ0n) is 18.3. The van der Waals surface area contributed by atoms with Crippen molar-refractivity contribution in [3.8, 4) is 11.5 Å². The number of carbonyl (C=O) groups is 1. The predicted octanol–water partition coefficient (Wildman–Crippen LogP) is 5.91. The molecule has 34 heavy (non-hydrogen) atoms. The second-order valence-electron chi connectivity index (χ2n) is 8.28. The molecule has 0 saturated carbocycles. The van der Waals surface area contributed by atoms with Gasteiger partial charge in [-0.25, -0.2) is 0 Å². The summed E-state index contributed by atoms with van der Waals surface area (Å²) >= 11 is 15.3. The van der Waals surface area contributed by atoms with Crippen LogP contribution in [-0.2, 0) is 4.79 Å². The lowest BCUT2D eigenvalue weighted by Gasteiger charge is -2.56. The average Bonchev–Trinajstić information content (AvgIpc) is 2.80. The van der Waals surface area contributed by atoms with Crippen molar-refractivity contribution in [2.45, 2.75) is 18.7 Å². The first kappa shape index (κ1) is 23.0. The van der Waals surface area contributed by atoms with Crippen LogP contribution in [0.15, 0.2) is 71.2 Å². The molecule has 6 nitrogen and oxygen atoms in total. The van der Waals surface area contributed by atoms with Crippen molar-refractivity contribution >= 4 is 62.1 Å². The highest BCUT2D eigenvalue weighted by molar-refractivity contribution is 9.10. The van der Waals surface area contributed by atoms with Crippen LogP contribution in [0.3, 0.4) is 0 Å². The van der Waals surface area contributed by atoms with Crippen LogP contribution in [0.5, 0.6) is 11.5 Å². The lowest BCUT2D eigenvalue weighted by molar-refractivity contribution is -0.130. The fraction of sp³-hybridized carbons (Fsp3) is 0.200. The van der Waals surface area contributed by atoms with Crippen LogP contribution in [0.2, 0.25) is 5.02 Å². The Labute approximate surface area is 216 Å². The van der Waals surface area contributed by atoms with Crippen LogP contribution in [0, 0.1) is 5.92 Å². The van der Waals surface area contributed by atoms with E-state index in [4.69, 9.17) is 33.3 Å². The zero-order chi connectivity index (χ0) is 24.0. The topological polar surface area (TPSA) is 62.8 Å². The highest BCUT2D eigenvalue weighted by Gasteiger charge is 2.59.